The molecule has 0 radical (unpaired) electrons. The number of halogens is 7. The number of hydrogen-bond donors (Lipinski definition) is 0. The highest BCUT2D eigenvalue weighted by molar-refractivity contribution is 6.35. The van der Waals surface area contributed by atoms with E-state index in [9.17, 15) is 22.0 Å². The standard InChI is InChI=1S/C14H7Cl2F5/c15-8-2-4-12(16)10(6-8)9-3-1-7(13(17)18)5-11(9)14(19,20)21/h1-6,13H. The van der Waals surface area contributed by atoms with Gasteiger partial charge in [0.2, 0.25) is 0 Å². The molecule has 0 unspecified atom stereocenters. The van der Waals surface area contributed by atoms with Crippen LogP contribution in [0.5, 0.6) is 0 Å². The SMILES string of the molecule is FC(F)c1ccc(-c2cc(Cl)ccc2Cl)c(C(F)(F)F)c1. The maximum absolute atomic E-state index is 13.1. The Bertz CT molecular complexity index is 665. The molecular weight excluding hydrogens is 334 g/mol. The lowest BCUT2D eigenvalue weighted by atomic mass is 9.97. The third kappa shape index (κ3) is 3.47. The van der Waals surface area contributed by atoms with E-state index in [1.807, 2.05) is 0 Å². The van der Waals surface area contributed by atoms with Gasteiger partial charge in [-0.2, -0.15) is 13.2 Å². The van der Waals surface area contributed by atoms with Gasteiger partial charge >= 0.3 is 6.18 Å². The first kappa shape index (κ1) is 16.0. The maximum Gasteiger partial charge on any atom is 0.417 e. The molecule has 2 aromatic carbocycles. The van der Waals surface area contributed by atoms with Crippen LogP contribution in [0.2, 0.25) is 10.0 Å². The summed E-state index contributed by atoms with van der Waals surface area (Å²) in [5, 5.41) is 0.246. The zero-order chi connectivity index (χ0) is 15.8. The van der Waals surface area contributed by atoms with Gasteiger partial charge in [0.25, 0.3) is 6.43 Å². The summed E-state index contributed by atoms with van der Waals surface area (Å²) in [7, 11) is 0. The van der Waals surface area contributed by atoms with E-state index in [4.69, 9.17) is 23.2 Å². The molecule has 0 saturated heterocycles. The van der Waals surface area contributed by atoms with Gasteiger partial charge in [-0.15, -0.1) is 0 Å². The van der Waals surface area contributed by atoms with Crippen LogP contribution in [-0.2, 0) is 6.18 Å². The molecule has 7 heteroatoms. The lowest BCUT2D eigenvalue weighted by Crippen LogP contribution is -2.08. The van der Waals surface area contributed by atoms with Gasteiger partial charge in [0.05, 0.1) is 5.56 Å². The van der Waals surface area contributed by atoms with Crippen LogP contribution in [-0.4, -0.2) is 0 Å². The molecule has 0 N–H and O–H groups in total. The van der Waals surface area contributed by atoms with Gasteiger partial charge in [0.15, 0.2) is 0 Å². The fraction of sp³-hybridized carbons (Fsp3) is 0.143. The van der Waals surface area contributed by atoms with Crippen molar-refractivity contribution in [3.63, 3.8) is 0 Å². The topological polar surface area (TPSA) is 0 Å². The van der Waals surface area contributed by atoms with Crippen molar-refractivity contribution in [2.45, 2.75) is 12.6 Å². The Morgan fingerprint density at radius 3 is 2.10 bits per heavy atom. The van der Waals surface area contributed by atoms with E-state index in [1.54, 1.807) is 0 Å². The molecule has 0 amide bonds. The molecule has 0 aliphatic carbocycles. The van der Waals surface area contributed by atoms with Crippen molar-refractivity contribution in [2.24, 2.45) is 0 Å². The zero-order valence-corrected chi connectivity index (χ0v) is 11.7. The molecule has 0 heterocycles. The number of benzene rings is 2. The van der Waals surface area contributed by atoms with Crippen LogP contribution >= 0.6 is 23.2 Å². The van der Waals surface area contributed by atoms with Crippen LogP contribution in [0.3, 0.4) is 0 Å². The fourth-order valence-corrected chi connectivity index (χ4v) is 2.26. The normalized spacial score (nSPS) is 12.0. The molecule has 0 spiro atoms. The molecule has 0 nitrogen and oxygen atoms in total. The van der Waals surface area contributed by atoms with Crippen molar-refractivity contribution >= 4 is 23.2 Å². The van der Waals surface area contributed by atoms with Crippen LogP contribution in [0.25, 0.3) is 11.1 Å². The molecule has 0 saturated carbocycles. The van der Waals surface area contributed by atoms with Crippen molar-refractivity contribution < 1.29 is 22.0 Å². The summed E-state index contributed by atoms with van der Waals surface area (Å²) in [6.45, 7) is 0. The Balaban J connectivity index is 2.71. The Morgan fingerprint density at radius 1 is 0.857 bits per heavy atom. The average Bonchev–Trinajstić information content (AvgIpc) is 2.40. The van der Waals surface area contributed by atoms with Gasteiger partial charge in [-0.1, -0.05) is 35.3 Å². The minimum Gasteiger partial charge on any atom is -0.205 e. The highest BCUT2D eigenvalue weighted by Crippen LogP contribution is 2.41. The molecule has 0 aromatic heterocycles. The molecular formula is C14H7Cl2F5. The summed E-state index contributed by atoms with van der Waals surface area (Å²) in [6, 6.07) is 6.37. The molecule has 21 heavy (non-hydrogen) atoms. The van der Waals surface area contributed by atoms with E-state index in [2.05, 4.69) is 0 Å². The predicted octanol–water partition coefficient (Wildman–Crippen LogP) is 6.62. The van der Waals surface area contributed by atoms with Crippen LogP contribution in [0.15, 0.2) is 36.4 Å². The first-order chi connectivity index (χ1) is 9.70. The molecule has 0 aliphatic rings. The van der Waals surface area contributed by atoms with Crippen LogP contribution in [0, 0.1) is 0 Å². The van der Waals surface area contributed by atoms with Crippen molar-refractivity contribution in [1.82, 2.24) is 0 Å². The maximum atomic E-state index is 13.1. The van der Waals surface area contributed by atoms with E-state index in [-0.39, 0.29) is 21.2 Å². The lowest BCUT2D eigenvalue weighted by molar-refractivity contribution is -0.137. The minimum absolute atomic E-state index is 0.0392. The quantitative estimate of drug-likeness (QED) is 0.539. The third-order valence-electron chi connectivity index (χ3n) is 2.82. The summed E-state index contributed by atoms with van der Waals surface area (Å²) >= 11 is 11.6. The second kappa shape index (κ2) is 5.81. The minimum atomic E-state index is -4.79. The van der Waals surface area contributed by atoms with Crippen LogP contribution in [0.4, 0.5) is 22.0 Å². The average molecular weight is 341 g/mol. The second-order valence-corrected chi connectivity index (χ2v) is 5.07. The Hall–Kier alpha value is -1.33. The fourth-order valence-electron chi connectivity index (χ4n) is 1.87. The second-order valence-electron chi connectivity index (χ2n) is 4.23. The smallest absolute Gasteiger partial charge is 0.205 e. The Kier molecular flexibility index (Phi) is 4.44. The van der Waals surface area contributed by atoms with Gasteiger partial charge in [0.1, 0.15) is 0 Å². The number of hydrogen-bond acceptors (Lipinski definition) is 0. The van der Waals surface area contributed by atoms with Gasteiger partial charge in [-0.25, -0.2) is 8.78 Å². The van der Waals surface area contributed by atoms with Crippen molar-refractivity contribution in [2.75, 3.05) is 0 Å². The molecule has 0 fully saturated rings. The van der Waals surface area contributed by atoms with E-state index in [1.165, 1.54) is 18.2 Å². The third-order valence-corrected chi connectivity index (χ3v) is 3.38. The molecule has 2 rings (SSSR count). The summed E-state index contributed by atoms with van der Waals surface area (Å²) < 4.78 is 64.5. The highest BCUT2D eigenvalue weighted by atomic mass is 35.5. The summed E-state index contributed by atoms with van der Waals surface area (Å²) in [5.41, 5.74) is -2.13. The summed E-state index contributed by atoms with van der Waals surface area (Å²) in [6.07, 6.45) is -7.78. The van der Waals surface area contributed by atoms with E-state index < -0.39 is 23.7 Å². The van der Waals surface area contributed by atoms with Gasteiger partial charge < -0.3 is 0 Å². The first-order valence-electron chi connectivity index (χ1n) is 5.65. The molecule has 112 valence electrons. The first-order valence-corrected chi connectivity index (χ1v) is 6.40. The highest BCUT2D eigenvalue weighted by Gasteiger charge is 2.35. The summed E-state index contributed by atoms with van der Waals surface area (Å²) in [5.74, 6) is 0. The van der Waals surface area contributed by atoms with Crippen molar-refractivity contribution in [1.29, 1.82) is 0 Å². The van der Waals surface area contributed by atoms with E-state index >= 15 is 0 Å². The zero-order valence-electron chi connectivity index (χ0n) is 10.2. The van der Waals surface area contributed by atoms with Crippen LogP contribution < -0.4 is 0 Å². The van der Waals surface area contributed by atoms with Crippen molar-refractivity contribution in [3.8, 4) is 11.1 Å². The van der Waals surface area contributed by atoms with Gasteiger partial charge in [-0.3, -0.25) is 0 Å². The van der Waals surface area contributed by atoms with Gasteiger partial charge in [0, 0.05) is 21.2 Å². The summed E-state index contributed by atoms with van der Waals surface area (Å²) in [4.78, 5) is 0. The largest absolute Gasteiger partial charge is 0.417 e. The Labute approximate surface area is 127 Å². The van der Waals surface area contributed by atoms with Crippen molar-refractivity contribution in [3.05, 3.63) is 57.6 Å². The van der Waals surface area contributed by atoms with Crippen LogP contribution in [0.1, 0.15) is 17.6 Å². The van der Waals surface area contributed by atoms with E-state index in [0.717, 1.165) is 12.1 Å². The van der Waals surface area contributed by atoms with Gasteiger partial charge in [-0.05, 0) is 29.8 Å². The number of rotatable bonds is 2. The molecule has 2 aromatic rings. The number of alkyl halides is 5. The monoisotopic (exact) mass is 340 g/mol. The predicted molar refractivity (Wildman–Crippen MR) is 71.9 cm³/mol. The molecule has 0 bridgehead atoms. The molecule has 0 atom stereocenters. The lowest BCUT2D eigenvalue weighted by Gasteiger charge is -2.16. The molecule has 0 aliphatic heterocycles. The van der Waals surface area contributed by atoms with E-state index in [0.29, 0.717) is 6.07 Å². The Morgan fingerprint density at radius 2 is 1.52 bits per heavy atom.